The van der Waals surface area contributed by atoms with Gasteiger partial charge in [0.2, 0.25) is 0 Å². The molecule has 0 saturated carbocycles. The van der Waals surface area contributed by atoms with Gasteiger partial charge in [-0.3, -0.25) is 0 Å². The van der Waals surface area contributed by atoms with Gasteiger partial charge in [0.15, 0.2) is 0 Å². The van der Waals surface area contributed by atoms with Crippen LogP contribution in [0.1, 0.15) is 43.0 Å². The lowest BCUT2D eigenvalue weighted by Crippen LogP contribution is -2.12. The number of rotatable bonds is 2. The van der Waals surface area contributed by atoms with E-state index < -0.39 is 0 Å². The molecule has 0 nitrogen and oxygen atoms in total. The van der Waals surface area contributed by atoms with Crippen molar-refractivity contribution in [3.63, 3.8) is 0 Å². The molecule has 0 unspecified atom stereocenters. The Bertz CT molecular complexity index is 414. The lowest BCUT2D eigenvalue weighted by atomic mass is 9.83. The summed E-state index contributed by atoms with van der Waals surface area (Å²) in [6.45, 7) is 11.1. The highest BCUT2D eigenvalue weighted by molar-refractivity contribution is 7.87. The molecule has 17 heavy (non-hydrogen) atoms. The predicted molar refractivity (Wildman–Crippen MR) is 84.4 cm³/mol. The van der Waals surface area contributed by atoms with Gasteiger partial charge in [-0.1, -0.05) is 32.9 Å². The Hall–Kier alpha value is -0.340. The average molecular weight is 266 g/mol. The molecule has 94 valence electrons. The first kappa shape index (κ1) is 14.7. The molecule has 0 spiro atoms. The van der Waals surface area contributed by atoms with E-state index in [1.807, 2.05) is 0 Å². The zero-order valence-electron chi connectivity index (χ0n) is 11.3. The fraction of sp³-hybridized carbons (Fsp3) is 0.467. The van der Waals surface area contributed by atoms with Gasteiger partial charge >= 0.3 is 0 Å². The molecule has 0 fully saturated rings. The number of benzene rings is 1. The Morgan fingerprint density at radius 3 is 2.00 bits per heavy atom. The fourth-order valence-corrected chi connectivity index (χ4v) is 2.18. The molecule has 1 aromatic carbocycles. The van der Waals surface area contributed by atoms with E-state index in [0.717, 1.165) is 11.3 Å². The molecule has 0 aliphatic heterocycles. The molecule has 0 heterocycles. The summed E-state index contributed by atoms with van der Waals surface area (Å²) in [5.41, 5.74) is 5.66. The summed E-state index contributed by atoms with van der Waals surface area (Å²) in [6.07, 6.45) is 0.870. The summed E-state index contributed by atoms with van der Waals surface area (Å²) in [7, 11) is 0. The van der Waals surface area contributed by atoms with E-state index in [2.05, 4.69) is 72.0 Å². The summed E-state index contributed by atoms with van der Waals surface area (Å²) >= 11 is 8.55. The zero-order chi connectivity index (χ0) is 13.2. The molecule has 0 N–H and O–H groups in total. The molecular formula is C15H22S2. The van der Waals surface area contributed by atoms with E-state index >= 15 is 0 Å². The summed E-state index contributed by atoms with van der Waals surface area (Å²) < 4.78 is 0. The summed E-state index contributed by atoms with van der Waals surface area (Å²) in [6, 6.07) is 4.59. The van der Waals surface area contributed by atoms with Crippen molar-refractivity contribution in [1.29, 1.82) is 0 Å². The van der Waals surface area contributed by atoms with Crippen LogP contribution in [0.4, 0.5) is 0 Å². The lowest BCUT2D eigenvalue weighted by molar-refractivity contribution is 0.589. The van der Waals surface area contributed by atoms with Crippen LogP contribution < -0.4 is 0 Å². The van der Waals surface area contributed by atoms with Crippen LogP contribution in [0.25, 0.3) is 0 Å². The monoisotopic (exact) mass is 266 g/mol. The molecule has 0 radical (unpaired) electrons. The van der Waals surface area contributed by atoms with E-state index in [1.165, 1.54) is 22.3 Å². The van der Waals surface area contributed by atoms with Gasteiger partial charge < -0.3 is 0 Å². The third-order valence-electron chi connectivity index (χ3n) is 3.07. The minimum atomic E-state index is 0.206. The van der Waals surface area contributed by atoms with Gasteiger partial charge in [-0.15, -0.1) is 12.6 Å². The maximum atomic E-state index is 4.40. The third kappa shape index (κ3) is 3.82. The van der Waals surface area contributed by atoms with Crippen molar-refractivity contribution in [2.45, 2.75) is 46.5 Å². The van der Waals surface area contributed by atoms with Crippen LogP contribution in [0.2, 0.25) is 0 Å². The smallest absolute Gasteiger partial charge is 0.00421 e. The molecule has 0 aliphatic rings. The van der Waals surface area contributed by atoms with Crippen LogP contribution in [0.5, 0.6) is 0 Å². The number of allylic oxidation sites excluding steroid dienone is 1. The average Bonchev–Trinajstić information content (AvgIpc) is 2.21. The first-order chi connectivity index (χ1) is 7.75. The highest BCUT2D eigenvalue weighted by Crippen LogP contribution is 2.28. The van der Waals surface area contributed by atoms with Crippen molar-refractivity contribution in [2.75, 3.05) is 0 Å². The highest BCUT2D eigenvalue weighted by Gasteiger charge is 2.16. The van der Waals surface area contributed by atoms with E-state index in [1.54, 1.807) is 5.41 Å². The van der Waals surface area contributed by atoms with Gasteiger partial charge in [0.25, 0.3) is 0 Å². The molecule has 0 aromatic heterocycles. The van der Waals surface area contributed by atoms with Crippen LogP contribution in [-0.4, -0.2) is 0 Å². The molecule has 0 saturated heterocycles. The normalized spacial score (nSPS) is 13.0. The lowest BCUT2D eigenvalue weighted by Gasteiger charge is -2.22. The second kappa shape index (κ2) is 5.53. The van der Waals surface area contributed by atoms with Crippen molar-refractivity contribution in [3.05, 3.63) is 44.7 Å². The van der Waals surface area contributed by atoms with Crippen molar-refractivity contribution in [2.24, 2.45) is 0 Å². The Morgan fingerprint density at radius 2 is 1.65 bits per heavy atom. The first-order valence-electron chi connectivity index (χ1n) is 5.88. The van der Waals surface area contributed by atoms with Crippen LogP contribution in [0.3, 0.4) is 0 Å². The molecule has 1 rings (SSSR count). The molecule has 0 bridgehead atoms. The highest BCUT2D eigenvalue weighted by atomic mass is 32.1. The number of hydrogen-bond acceptors (Lipinski definition) is 2. The zero-order valence-corrected chi connectivity index (χ0v) is 13.1. The minimum Gasteiger partial charge on any atom is -0.151 e. The Labute approximate surface area is 116 Å². The van der Waals surface area contributed by atoms with Crippen LogP contribution >= 0.6 is 25.3 Å². The van der Waals surface area contributed by atoms with Crippen molar-refractivity contribution >= 4 is 25.3 Å². The fourth-order valence-electron chi connectivity index (χ4n) is 1.93. The Morgan fingerprint density at radius 1 is 1.18 bits per heavy atom. The Balaban J connectivity index is 3.20. The molecule has 0 atom stereocenters. The van der Waals surface area contributed by atoms with Gasteiger partial charge in [0.05, 0.1) is 0 Å². The second-order valence-electron chi connectivity index (χ2n) is 5.64. The van der Waals surface area contributed by atoms with Gasteiger partial charge in [-0.25, -0.2) is 0 Å². The van der Waals surface area contributed by atoms with Gasteiger partial charge in [0.1, 0.15) is 0 Å². The van der Waals surface area contributed by atoms with Gasteiger partial charge in [0, 0.05) is 6.42 Å². The van der Waals surface area contributed by atoms with E-state index in [-0.39, 0.29) is 5.41 Å². The van der Waals surface area contributed by atoms with Crippen molar-refractivity contribution in [1.82, 2.24) is 0 Å². The number of aryl methyl sites for hydroxylation is 2. The van der Waals surface area contributed by atoms with E-state index in [9.17, 15) is 0 Å². The van der Waals surface area contributed by atoms with Crippen LogP contribution in [0, 0.1) is 13.8 Å². The predicted octanol–water partition coefficient (Wildman–Crippen LogP) is 4.84. The summed E-state index contributed by atoms with van der Waals surface area (Å²) in [5, 5.41) is 1.76. The first-order valence-corrected chi connectivity index (χ1v) is 6.85. The molecule has 1 aromatic rings. The molecule has 0 aliphatic carbocycles. The second-order valence-corrected chi connectivity index (χ2v) is 6.47. The quantitative estimate of drug-likeness (QED) is 0.703. The number of hydrogen-bond donors (Lipinski definition) is 2. The Kier molecular flexibility index (Phi) is 4.79. The van der Waals surface area contributed by atoms with E-state index in [0.29, 0.717) is 0 Å². The molecule has 0 amide bonds. The number of thiol groups is 2. The van der Waals surface area contributed by atoms with Gasteiger partial charge in [-0.05, 0) is 51.8 Å². The maximum absolute atomic E-state index is 4.40. The maximum Gasteiger partial charge on any atom is 0.00421 e. The molecular weight excluding hydrogens is 244 g/mol. The van der Waals surface area contributed by atoms with Crippen molar-refractivity contribution < 1.29 is 0 Å². The summed E-state index contributed by atoms with van der Waals surface area (Å²) in [4.78, 5) is 1.00. The third-order valence-corrected chi connectivity index (χ3v) is 3.87. The van der Waals surface area contributed by atoms with Crippen LogP contribution in [-0.2, 0) is 11.8 Å². The minimum absolute atomic E-state index is 0.206. The van der Waals surface area contributed by atoms with E-state index in [4.69, 9.17) is 0 Å². The molecule has 2 heteroatoms. The van der Waals surface area contributed by atoms with Crippen molar-refractivity contribution in [3.8, 4) is 0 Å². The SMILES string of the molecule is Cc1cc(C(C)(C)C)cc(C)c1C/C(S)=C/S. The van der Waals surface area contributed by atoms with Crippen LogP contribution in [0.15, 0.2) is 22.4 Å². The standard InChI is InChI=1S/C15H22S2/c1-10-6-12(15(3,4)5)7-11(2)14(10)8-13(17)9-16/h6-7,9,16-17H,8H2,1-5H3/b13-9-. The van der Waals surface area contributed by atoms with Gasteiger partial charge in [-0.2, -0.15) is 12.6 Å². The largest absolute Gasteiger partial charge is 0.151 e. The summed E-state index contributed by atoms with van der Waals surface area (Å²) in [5.74, 6) is 0. The topological polar surface area (TPSA) is 0 Å².